The summed E-state index contributed by atoms with van der Waals surface area (Å²) in [6, 6.07) is 6.11. The van der Waals surface area contributed by atoms with E-state index in [2.05, 4.69) is 15.5 Å². The van der Waals surface area contributed by atoms with Gasteiger partial charge in [-0.05, 0) is 24.6 Å². The van der Waals surface area contributed by atoms with Crippen molar-refractivity contribution >= 4 is 45.8 Å². The minimum absolute atomic E-state index is 0.121. The van der Waals surface area contributed by atoms with E-state index < -0.39 is 5.97 Å². The molecular formula is C13H14N4O3S2. The number of carbonyl (C=O) groups is 2. The van der Waals surface area contributed by atoms with E-state index in [0.717, 1.165) is 0 Å². The summed E-state index contributed by atoms with van der Waals surface area (Å²) in [5.74, 6) is -1.26. The van der Waals surface area contributed by atoms with Crippen molar-refractivity contribution in [2.45, 2.75) is 22.9 Å². The molecule has 0 bridgehead atoms. The number of anilines is 2. The summed E-state index contributed by atoms with van der Waals surface area (Å²) in [5.41, 5.74) is 6.08. The quantitative estimate of drug-likeness (QED) is 0.692. The highest BCUT2D eigenvalue weighted by Gasteiger charge is 2.20. The van der Waals surface area contributed by atoms with Crippen molar-refractivity contribution in [2.75, 3.05) is 11.1 Å². The molecular weight excluding hydrogens is 324 g/mol. The third-order valence-corrected chi connectivity index (χ3v) is 4.91. The molecule has 22 heavy (non-hydrogen) atoms. The number of nitrogens with one attached hydrogen (secondary N) is 1. The summed E-state index contributed by atoms with van der Waals surface area (Å²) in [7, 11) is 0. The molecule has 0 saturated carbocycles. The van der Waals surface area contributed by atoms with Crippen LogP contribution >= 0.6 is 23.1 Å². The number of carboxylic acids is 1. The van der Waals surface area contributed by atoms with Crippen molar-refractivity contribution < 1.29 is 14.7 Å². The topological polar surface area (TPSA) is 118 Å². The molecule has 1 heterocycles. The average Bonchev–Trinajstić information content (AvgIpc) is 2.90. The second-order valence-corrected chi connectivity index (χ2v) is 6.76. The lowest BCUT2D eigenvalue weighted by atomic mass is 10.2. The average molecular weight is 338 g/mol. The highest BCUT2D eigenvalue weighted by molar-refractivity contribution is 8.02. The van der Waals surface area contributed by atoms with E-state index >= 15 is 0 Å². The fraction of sp³-hybridized carbons (Fsp3) is 0.231. The SMILES string of the molecule is CCC(Sc1nnc(N)s1)C(=O)Nc1cccc(C(=O)O)c1. The second-order valence-electron chi connectivity index (χ2n) is 4.30. The van der Waals surface area contributed by atoms with Gasteiger partial charge >= 0.3 is 5.97 Å². The summed E-state index contributed by atoms with van der Waals surface area (Å²) in [6.07, 6.45) is 0.592. The smallest absolute Gasteiger partial charge is 0.335 e. The van der Waals surface area contributed by atoms with Crippen LogP contribution in [0.4, 0.5) is 10.8 Å². The molecule has 2 aromatic rings. The van der Waals surface area contributed by atoms with E-state index in [4.69, 9.17) is 10.8 Å². The van der Waals surface area contributed by atoms with Gasteiger partial charge in [0.1, 0.15) is 0 Å². The Bertz CT molecular complexity index is 689. The lowest BCUT2D eigenvalue weighted by molar-refractivity contribution is -0.115. The van der Waals surface area contributed by atoms with Gasteiger partial charge in [0.25, 0.3) is 0 Å². The van der Waals surface area contributed by atoms with E-state index in [9.17, 15) is 9.59 Å². The number of nitrogen functional groups attached to an aromatic ring is 1. The largest absolute Gasteiger partial charge is 0.478 e. The van der Waals surface area contributed by atoms with E-state index in [1.54, 1.807) is 12.1 Å². The first-order valence-corrected chi connectivity index (χ1v) is 8.09. The monoisotopic (exact) mass is 338 g/mol. The van der Waals surface area contributed by atoms with Gasteiger partial charge in [0.15, 0.2) is 4.34 Å². The molecule has 0 aliphatic heterocycles. The molecule has 0 saturated heterocycles. The van der Waals surface area contributed by atoms with Crippen LogP contribution in [0.2, 0.25) is 0 Å². The Labute approximate surface area is 134 Å². The molecule has 0 fully saturated rings. The standard InChI is InChI=1S/C13H14N4O3S2/c1-2-9(21-13-17-16-12(14)22-13)10(18)15-8-5-3-4-7(6-8)11(19)20/h3-6,9H,2H2,1H3,(H2,14,16)(H,15,18)(H,19,20). The summed E-state index contributed by atoms with van der Waals surface area (Å²) >= 11 is 2.51. The maximum Gasteiger partial charge on any atom is 0.335 e. The number of hydrogen-bond donors (Lipinski definition) is 3. The fourth-order valence-electron chi connectivity index (χ4n) is 1.66. The number of carbonyl (C=O) groups excluding carboxylic acids is 1. The molecule has 0 spiro atoms. The Morgan fingerprint density at radius 1 is 1.45 bits per heavy atom. The number of hydrogen-bond acceptors (Lipinski definition) is 7. The maximum atomic E-state index is 12.3. The van der Waals surface area contributed by atoms with Gasteiger partial charge in [0.05, 0.1) is 10.8 Å². The zero-order valence-electron chi connectivity index (χ0n) is 11.6. The summed E-state index contributed by atoms with van der Waals surface area (Å²) in [5, 5.41) is 19.2. The van der Waals surface area contributed by atoms with Gasteiger partial charge in [-0.2, -0.15) is 0 Å². The van der Waals surface area contributed by atoms with Crippen LogP contribution in [0.15, 0.2) is 28.6 Å². The van der Waals surface area contributed by atoms with Gasteiger partial charge in [0.2, 0.25) is 11.0 Å². The fourth-order valence-corrected chi connectivity index (χ4v) is 3.47. The molecule has 7 nitrogen and oxygen atoms in total. The highest BCUT2D eigenvalue weighted by atomic mass is 32.2. The van der Waals surface area contributed by atoms with Crippen LogP contribution in [0.3, 0.4) is 0 Å². The molecule has 116 valence electrons. The first-order valence-electron chi connectivity index (χ1n) is 6.39. The third kappa shape index (κ3) is 4.18. The summed E-state index contributed by atoms with van der Waals surface area (Å²) in [6.45, 7) is 1.88. The number of amides is 1. The van der Waals surface area contributed by atoms with Crippen LogP contribution in [0, 0.1) is 0 Å². The van der Waals surface area contributed by atoms with Crippen LogP contribution < -0.4 is 11.1 Å². The Balaban J connectivity index is 2.05. The number of aromatic carboxylic acids is 1. The van der Waals surface area contributed by atoms with Gasteiger partial charge < -0.3 is 16.2 Å². The van der Waals surface area contributed by atoms with Gasteiger partial charge in [-0.1, -0.05) is 36.1 Å². The zero-order valence-corrected chi connectivity index (χ0v) is 13.3. The number of thioether (sulfide) groups is 1. The van der Waals surface area contributed by atoms with E-state index in [1.165, 1.54) is 35.2 Å². The molecule has 1 aromatic heterocycles. The van der Waals surface area contributed by atoms with E-state index in [-0.39, 0.29) is 16.7 Å². The summed E-state index contributed by atoms with van der Waals surface area (Å²) < 4.78 is 0.624. The van der Waals surface area contributed by atoms with Crippen molar-refractivity contribution in [3.63, 3.8) is 0 Å². The molecule has 1 atom stereocenters. The molecule has 1 amide bonds. The lowest BCUT2D eigenvalue weighted by Gasteiger charge is -2.13. The van der Waals surface area contributed by atoms with Gasteiger partial charge in [0, 0.05) is 5.69 Å². The zero-order chi connectivity index (χ0) is 16.1. The molecule has 1 unspecified atom stereocenters. The molecule has 9 heteroatoms. The number of nitrogens with zero attached hydrogens (tertiary/aromatic N) is 2. The van der Waals surface area contributed by atoms with Crippen LogP contribution in [-0.4, -0.2) is 32.4 Å². The maximum absolute atomic E-state index is 12.3. The number of benzene rings is 1. The van der Waals surface area contributed by atoms with Crippen LogP contribution in [0.5, 0.6) is 0 Å². The number of nitrogens with two attached hydrogens (primary N) is 1. The first-order chi connectivity index (χ1) is 10.5. The highest BCUT2D eigenvalue weighted by Crippen LogP contribution is 2.29. The Morgan fingerprint density at radius 3 is 2.82 bits per heavy atom. The normalized spacial score (nSPS) is 11.9. The number of rotatable bonds is 6. The number of aromatic nitrogens is 2. The van der Waals surface area contributed by atoms with Crippen LogP contribution in [0.1, 0.15) is 23.7 Å². The van der Waals surface area contributed by atoms with Gasteiger partial charge in [-0.3, -0.25) is 4.79 Å². The Kier molecular flexibility index (Phi) is 5.34. The summed E-state index contributed by atoms with van der Waals surface area (Å²) in [4.78, 5) is 23.2. The van der Waals surface area contributed by atoms with E-state index in [1.807, 2.05) is 6.92 Å². The van der Waals surface area contributed by atoms with Crippen molar-refractivity contribution in [3.05, 3.63) is 29.8 Å². The minimum Gasteiger partial charge on any atom is -0.478 e. The number of carboxylic acid groups (broad SMARTS) is 1. The molecule has 0 aliphatic rings. The first kappa shape index (κ1) is 16.2. The van der Waals surface area contributed by atoms with Crippen LogP contribution in [0.25, 0.3) is 0 Å². The molecule has 2 rings (SSSR count). The lowest BCUT2D eigenvalue weighted by Crippen LogP contribution is -2.24. The molecule has 0 aliphatic carbocycles. The Morgan fingerprint density at radius 2 is 2.23 bits per heavy atom. The minimum atomic E-state index is -1.04. The van der Waals surface area contributed by atoms with Crippen molar-refractivity contribution in [3.8, 4) is 0 Å². The molecule has 4 N–H and O–H groups in total. The van der Waals surface area contributed by atoms with Gasteiger partial charge in [-0.25, -0.2) is 4.79 Å². The second kappa shape index (κ2) is 7.23. The predicted molar refractivity (Wildman–Crippen MR) is 86.3 cm³/mol. The van der Waals surface area contributed by atoms with E-state index in [0.29, 0.717) is 21.6 Å². The third-order valence-electron chi connectivity index (χ3n) is 2.71. The van der Waals surface area contributed by atoms with Gasteiger partial charge in [-0.15, -0.1) is 10.2 Å². The predicted octanol–water partition coefficient (Wildman–Crippen LogP) is 2.33. The Hall–Kier alpha value is -2.13. The molecule has 1 aromatic carbocycles. The van der Waals surface area contributed by atoms with Crippen molar-refractivity contribution in [1.29, 1.82) is 0 Å². The van der Waals surface area contributed by atoms with Crippen molar-refractivity contribution in [1.82, 2.24) is 10.2 Å². The van der Waals surface area contributed by atoms with Crippen molar-refractivity contribution in [2.24, 2.45) is 0 Å². The molecule has 0 radical (unpaired) electrons. The van der Waals surface area contributed by atoms with Crippen LogP contribution in [-0.2, 0) is 4.79 Å².